The molecule has 19 heavy (non-hydrogen) atoms. The second-order valence-electron chi connectivity index (χ2n) is 5.88. The van der Waals surface area contributed by atoms with Gasteiger partial charge in [-0.05, 0) is 24.1 Å². The molecular weight excluding hydrogens is 242 g/mol. The molecule has 0 amide bonds. The third kappa shape index (κ3) is 3.07. The number of nitrogens with zero attached hydrogens (tertiary/aromatic N) is 1. The third-order valence-electron chi connectivity index (χ3n) is 3.71. The lowest BCUT2D eigenvalue weighted by atomic mass is 9.77. The number of benzene rings is 1. The second kappa shape index (κ2) is 5.21. The van der Waals surface area contributed by atoms with E-state index in [1.54, 1.807) is 0 Å². The van der Waals surface area contributed by atoms with E-state index in [9.17, 15) is 9.90 Å². The van der Waals surface area contributed by atoms with Crippen LogP contribution >= 0.6 is 0 Å². The van der Waals surface area contributed by atoms with Crippen molar-refractivity contribution in [2.24, 2.45) is 5.41 Å². The van der Waals surface area contributed by atoms with Gasteiger partial charge in [0.1, 0.15) is 0 Å². The summed E-state index contributed by atoms with van der Waals surface area (Å²) in [6.45, 7) is 3.40. The quantitative estimate of drug-likeness (QED) is 0.886. The topological polar surface area (TPSA) is 49.8 Å². The average Bonchev–Trinajstić information content (AvgIpc) is 2.33. The van der Waals surface area contributed by atoms with Crippen molar-refractivity contribution in [3.05, 3.63) is 29.8 Å². The van der Waals surface area contributed by atoms with Crippen molar-refractivity contribution in [2.45, 2.75) is 19.3 Å². The fourth-order valence-electron chi connectivity index (χ4n) is 2.41. The smallest absolute Gasteiger partial charge is 0.310 e. The minimum Gasteiger partial charge on any atom is -0.481 e. The molecule has 1 aromatic rings. The van der Waals surface area contributed by atoms with E-state index in [1.165, 1.54) is 0 Å². The molecule has 1 fully saturated rings. The molecule has 1 aromatic carbocycles. The van der Waals surface area contributed by atoms with Gasteiger partial charge in [-0.3, -0.25) is 4.79 Å². The van der Waals surface area contributed by atoms with Crippen LogP contribution in [0.3, 0.4) is 0 Å². The van der Waals surface area contributed by atoms with Gasteiger partial charge in [0.25, 0.3) is 0 Å². The fraction of sp³-hybridized carbons (Fsp3) is 0.533. The summed E-state index contributed by atoms with van der Waals surface area (Å²) in [5.41, 5.74) is 1.95. The van der Waals surface area contributed by atoms with Crippen LogP contribution in [0, 0.1) is 5.41 Å². The molecule has 1 N–H and O–H groups in total. The zero-order valence-corrected chi connectivity index (χ0v) is 11.7. The summed E-state index contributed by atoms with van der Waals surface area (Å²) in [5.74, 6) is -1.21. The van der Waals surface area contributed by atoms with Crippen LogP contribution in [0.2, 0.25) is 0 Å². The van der Waals surface area contributed by atoms with Gasteiger partial charge in [-0.25, -0.2) is 0 Å². The van der Waals surface area contributed by atoms with E-state index < -0.39 is 11.9 Å². The molecule has 104 valence electrons. The lowest BCUT2D eigenvalue weighted by molar-refractivity contribution is -0.145. The van der Waals surface area contributed by atoms with E-state index in [-0.39, 0.29) is 5.41 Å². The van der Waals surface area contributed by atoms with Crippen LogP contribution in [0.1, 0.15) is 24.8 Å². The predicted octanol–water partition coefficient (Wildman–Crippen LogP) is 2.35. The van der Waals surface area contributed by atoms with Gasteiger partial charge in [0.2, 0.25) is 0 Å². The Morgan fingerprint density at radius 1 is 1.37 bits per heavy atom. The van der Waals surface area contributed by atoms with Gasteiger partial charge in [-0.15, -0.1) is 0 Å². The molecule has 4 nitrogen and oxygen atoms in total. The number of ether oxygens (including phenoxy) is 1. The Kier molecular flexibility index (Phi) is 3.80. The van der Waals surface area contributed by atoms with E-state index in [4.69, 9.17) is 4.74 Å². The summed E-state index contributed by atoms with van der Waals surface area (Å²) in [4.78, 5) is 13.5. The first-order valence-corrected chi connectivity index (χ1v) is 6.49. The summed E-state index contributed by atoms with van der Waals surface area (Å²) in [7, 11) is 3.94. The molecule has 0 aliphatic carbocycles. The first-order chi connectivity index (χ1) is 8.91. The summed E-state index contributed by atoms with van der Waals surface area (Å²) in [5, 5.41) is 9.44. The van der Waals surface area contributed by atoms with Crippen LogP contribution in [0.15, 0.2) is 24.3 Å². The molecule has 0 radical (unpaired) electrons. The van der Waals surface area contributed by atoms with Gasteiger partial charge in [0, 0.05) is 25.2 Å². The minimum absolute atomic E-state index is 0.00325. The van der Waals surface area contributed by atoms with Crippen LogP contribution in [0.5, 0.6) is 0 Å². The van der Waals surface area contributed by atoms with E-state index in [0.717, 1.165) is 11.3 Å². The number of rotatable bonds is 5. The van der Waals surface area contributed by atoms with E-state index in [1.807, 2.05) is 43.3 Å². The van der Waals surface area contributed by atoms with Gasteiger partial charge in [-0.1, -0.05) is 19.1 Å². The van der Waals surface area contributed by atoms with Crippen LogP contribution < -0.4 is 4.90 Å². The Morgan fingerprint density at radius 2 is 1.95 bits per heavy atom. The molecule has 4 heteroatoms. The molecule has 0 spiro atoms. The molecule has 1 atom stereocenters. The number of anilines is 1. The number of carboxylic acid groups (broad SMARTS) is 1. The monoisotopic (exact) mass is 263 g/mol. The first kappa shape index (κ1) is 13.9. The largest absolute Gasteiger partial charge is 0.481 e. The highest BCUT2D eigenvalue weighted by Gasteiger charge is 2.38. The zero-order chi connectivity index (χ0) is 14.0. The highest BCUT2D eigenvalue weighted by Crippen LogP contribution is 2.38. The summed E-state index contributed by atoms with van der Waals surface area (Å²) in [6, 6.07) is 7.75. The summed E-state index contributed by atoms with van der Waals surface area (Å²) in [6.07, 6.45) is 0.629. The highest BCUT2D eigenvalue weighted by molar-refractivity contribution is 5.76. The molecule has 0 bridgehead atoms. The minimum atomic E-state index is -0.759. The van der Waals surface area contributed by atoms with Gasteiger partial charge in [0.05, 0.1) is 19.1 Å². The van der Waals surface area contributed by atoms with Crippen LogP contribution in [0.4, 0.5) is 5.69 Å². The van der Waals surface area contributed by atoms with Gasteiger partial charge >= 0.3 is 5.97 Å². The van der Waals surface area contributed by atoms with Crippen LogP contribution in [-0.2, 0) is 9.53 Å². The Labute approximate surface area is 114 Å². The SMILES string of the molecule is CN(C)c1ccc(C(CC2(C)COC2)C(=O)O)cc1. The summed E-state index contributed by atoms with van der Waals surface area (Å²) < 4.78 is 5.21. The molecular formula is C15H21NO3. The molecule has 2 rings (SSSR count). The normalized spacial score (nSPS) is 18.5. The molecule has 0 saturated carbocycles. The van der Waals surface area contributed by atoms with Crippen molar-refractivity contribution >= 4 is 11.7 Å². The maximum Gasteiger partial charge on any atom is 0.310 e. The lowest BCUT2D eigenvalue weighted by Crippen LogP contribution is -2.41. The summed E-state index contributed by atoms with van der Waals surface area (Å²) >= 11 is 0. The Bertz CT molecular complexity index is 449. The molecule has 1 saturated heterocycles. The zero-order valence-electron chi connectivity index (χ0n) is 11.7. The number of hydrogen-bond donors (Lipinski definition) is 1. The Balaban J connectivity index is 2.16. The standard InChI is InChI=1S/C15H21NO3/c1-15(9-19-10-15)8-13(14(17)18)11-4-6-12(7-5-11)16(2)3/h4-7,13H,8-10H2,1-3H3,(H,17,18). The van der Waals surface area contributed by atoms with Crippen LogP contribution in [0.25, 0.3) is 0 Å². The van der Waals surface area contributed by atoms with E-state index >= 15 is 0 Å². The second-order valence-corrected chi connectivity index (χ2v) is 5.88. The number of carbonyl (C=O) groups is 1. The molecule has 1 aliphatic heterocycles. The Hall–Kier alpha value is -1.55. The Morgan fingerprint density at radius 3 is 2.32 bits per heavy atom. The maximum atomic E-state index is 11.5. The number of carboxylic acids is 1. The number of hydrogen-bond acceptors (Lipinski definition) is 3. The van der Waals surface area contributed by atoms with E-state index in [0.29, 0.717) is 19.6 Å². The maximum absolute atomic E-state index is 11.5. The molecule has 1 aliphatic rings. The number of aliphatic carboxylic acids is 1. The average molecular weight is 263 g/mol. The molecule has 1 heterocycles. The van der Waals surface area contributed by atoms with Crippen molar-refractivity contribution in [3.8, 4) is 0 Å². The predicted molar refractivity (Wildman–Crippen MR) is 74.7 cm³/mol. The van der Waals surface area contributed by atoms with Crippen molar-refractivity contribution in [3.63, 3.8) is 0 Å². The first-order valence-electron chi connectivity index (χ1n) is 6.49. The van der Waals surface area contributed by atoms with Crippen molar-refractivity contribution in [2.75, 3.05) is 32.2 Å². The van der Waals surface area contributed by atoms with Crippen molar-refractivity contribution < 1.29 is 14.6 Å². The van der Waals surface area contributed by atoms with Crippen molar-refractivity contribution in [1.29, 1.82) is 0 Å². The van der Waals surface area contributed by atoms with Crippen LogP contribution in [-0.4, -0.2) is 38.4 Å². The molecule has 0 aromatic heterocycles. The van der Waals surface area contributed by atoms with Gasteiger partial charge in [-0.2, -0.15) is 0 Å². The molecule has 1 unspecified atom stereocenters. The van der Waals surface area contributed by atoms with E-state index in [2.05, 4.69) is 6.92 Å². The lowest BCUT2D eigenvalue weighted by Gasteiger charge is -2.39. The highest BCUT2D eigenvalue weighted by atomic mass is 16.5. The third-order valence-corrected chi connectivity index (χ3v) is 3.71. The fourth-order valence-corrected chi connectivity index (χ4v) is 2.41. The van der Waals surface area contributed by atoms with Gasteiger partial charge < -0.3 is 14.7 Å². The van der Waals surface area contributed by atoms with Gasteiger partial charge in [0.15, 0.2) is 0 Å². The van der Waals surface area contributed by atoms with Crippen molar-refractivity contribution in [1.82, 2.24) is 0 Å².